The molecule has 29 heavy (non-hydrogen) atoms. The van der Waals surface area contributed by atoms with Crippen molar-refractivity contribution in [1.29, 1.82) is 0 Å². The van der Waals surface area contributed by atoms with Crippen molar-refractivity contribution in [2.75, 3.05) is 19.1 Å². The van der Waals surface area contributed by atoms with Crippen LogP contribution >= 0.6 is 11.6 Å². The first-order valence-electron chi connectivity index (χ1n) is 9.06. The zero-order valence-electron chi connectivity index (χ0n) is 16.1. The molecule has 1 aromatic heterocycles. The number of hydrogen-bond donors (Lipinski definition) is 1. The first kappa shape index (κ1) is 20.4. The smallest absolute Gasteiger partial charge is 0.292 e. The molecule has 8 heteroatoms. The van der Waals surface area contributed by atoms with Crippen molar-refractivity contribution in [2.45, 2.75) is 13.3 Å². The van der Waals surface area contributed by atoms with Crippen molar-refractivity contribution < 1.29 is 9.47 Å². The summed E-state index contributed by atoms with van der Waals surface area (Å²) in [6, 6.07) is 14.5. The summed E-state index contributed by atoms with van der Waals surface area (Å²) >= 11 is 6.21. The fourth-order valence-corrected chi connectivity index (χ4v) is 2.64. The first-order valence-corrected chi connectivity index (χ1v) is 9.44. The van der Waals surface area contributed by atoms with Crippen LogP contribution in [-0.4, -0.2) is 29.7 Å². The molecule has 2 aromatic carbocycles. The quantitative estimate of drug-likeness (QED) is 0.444. The Bertz CT molecular complexity index is 1030. The lowest BCUT2D eigenvalue weighted by Crippen LogP contribution is -2.22. The lowest BCUT2D eigenvalue weighted by molar-refractivity contribution is 0.317. The van der Waals surface area contributed by atoms with E-state index < -0.39 is 5.56 Å². The average molecular weight is 413 g/mol. The Morgan fingerprint density at radius 1 is 1.14 bits per heavy atom. The third-order valence-corrected chi connectivity index (χ3v) is 4.35. The van der Waals surface area contributed by atoms with Gasteiger partial charge in [0.05, 0.1) is 31.8 Å². The molecule has 0 aliphatic rings. The maximum atomic E-state index is 12.5. The molecule has 1 heterocycles. The average Bonchev–Trinajstić information content (AvgIpc) is 2.76. The summed E-state index contributed by atoms with van der Waals surface area (Å²) < 4.78 is 11.9. The second kappa shape index (κ2) is 9.75. The molecule has 7 nitrogen and oxygen atoms in total. The van der Waals surface area contributed by atoms with Crippen LogP contribution in [0.25, 0.3) is 5.69 Å². The van der Waals surface area contributed by atoms with E-state index in [4.69, 9.17) is 21.1 Å². The standard InChI is InChI=1S/C21H21ClN4O3/c1-3-12-29-18-8-4-15(5-9-18)13-23-25-19-14-24-26(21(27)20(19)22)16-6-10-17(28-2)11-7-16/h4-11,13-14,25H,3,12H2,1-2H3/b23-13-. The van der Waals surface area contributed by atoms with Crippen LogP contribution in [0.2, 0.25) is 5.02 Å². The fraction of sp³-hybridized carbons (Fsp3) is 0.190. The van der Waals surface area contributed by atoms with Gasteiger partial charge < -0.3 is 9.47 Å². The molecule has 0 atom stereocenters. The van der Waals surface area contributed by atoms with Crippen molar-refractivity contribution in [2.24, 2.45) is 5.10 Å². The number of aromatic nitrogens is 2. The number of ether oxygens (including phenoxy) is 2. The number of nitrogens with zero attached hydrogens (tertiary/aromatic N) is 3. The third kappa shape index (κ3) is 5.14. The van der Waals surface area contributed by atoms with Crippen LogP contribution in [0.15, 0.2) is 64.6 Å². The molecule has 0 saturated heterocycles. The summed E-state index contributed by atoms with van der Waals surface area (Å²) in [7, 11) is 1.58. The molecule has 0 radical (unpaired) electrons. The fourth-order valence-electron chi connectivity index (χ4n) is 2.46. The molecule has 3 rings (SSSR count). The highest BCUT2D eigenvalue weighted by Gasteiger charge is 2.10. The van der Waals surface area contributed by atoms with Crippen LogP contribution in [0.4, 0.5) is 5.69 Å². The lowest BCUT2D eigenvalue weighted by atomic mass is 10.2. The summed E-state index contributed by atoms with van der Waals surface area (Å²) in [5.74, 6) is 1.50. The van der Waals surface area contributed by atoms with Gasteiger partial charge in [0.1, 0.15) is 22.2 Å². The highest BCUT2D eigenvalue weighted by Crippen LogP contribution is 2.18. The summed E-state index contributed by atoms with van der Waals surface area (Å²) in [5, 5.41) is 8.28. The van der Waals surface area contributed by atoms with Gasteiger partial charge in [-0.2, -0.15) is 14.9 Å². The van der Waals surface area contributed by atoms with Crippen LogP contribution in [0, 0.1) is 0 Å². The second-order valence-electron chi connectivity index (χ2n) is 6.07. The van der Waals surface area contributed by atoms with Crippen molar-refractivity contribution in [1.82, 2.24) is 9.78 Å². The number of anilines is 1. The van der Waals surface area contributed by atoms with Gasteiger partial charge in [0.15, 0.2) is 0 Å². The Morgan fingerprint density at radius 2 is 1.83 bits per heavy atom. The van der Waals surface area contributed by atoms with Crippen LogP contribution in [0.5, 0.6) is 11.5 Å². The number of methoxy groups -OCH3 is 1. The molecule has 1 N–H and O–H groups in total. The lowest BCUT2D eigenvalue weighted by Gasteiger charge is -2.08. The van der Waals surface area contributed by atoms with Gasteiger partial charge in [0.25, 0.3) is 5.56 Å². The molecule has 0 bridgehead atoms. The number of hydrazone groups is 1. The largest absolute Gasteiger partial charge is 0.497 e. The Labute approximate surface area is 173 Å². The van der Waals surface area contributed by atoms with Gasteiger partial charge in [0, 0.05) is 0 Å². The normalized spacial score (nSPS) is 10.9. The van der Waals surface area contributed by atoms with Gasteiger partial charge in [-0.05, 0) is 60.5 Å². The van der Waals surface area contributed by atoms with E-state index in [2.05, 4.69) is 22.5 Å². The minimum absolute atomic E-state index is 0.00344. The Morgan fingerprint density at radius 3 is 2.48 bits per heavy atom. The topological polar surface area (TPSA) is 77.7 Å². The van der Waals surface area contributed by atoms with Gasteiger partial charge in [-0.3, -0.25) is 10.2 Å². The second-order valence-corrected chi connectivity index (χ2v) is 6.45. The van der Waals surface area contributed by atoms with E-state index in [0.29, 0.717) is 23.7 Å². The van der Waals surface area contributed by atoms with Crippen molar-refractivity contribution >= 4 is 23.5 Å². The molecule has 0 spiro atoms. The van der Waals surface area contributed by atoms with Gasteiger partial charge in [-0.15, -0.1) is 0 Å². The Balaban J connectivity index is 1.70. The Kier molecular flexibility index (Phi) is 6.86. The summed E-state index contributed by atoms with van der Waals surface area (Å²) in [6.07, 6.45) is 4.03. The molecule has 0 aliphatic carbocycles. The van der Waals surface area contributed by atoms with Crippen molar-refractivity contribution in [3.05, 3.63) is 75.7 Å². The number of rotatable bonds is 8. The predicted octanol–water partition coefficient (Wildman–Crippen LogP) is 4.13. The molecule has 0 amide bonds. The molecule has 0 fully saturated rings. The molecular weight excluding hydrogens is 392 g/mol. The molecule has 0 saturated carbocycles. The maximum Gasteiger partial charge on any atom is 0.292 e. The maximum absolute atomic E-state index is 12.5. The number of halogens is 1. The van der Waals surface area contributed by atoms with E-state index in [1.807, 2.05) is 24.3 Å². The monoisotopic (exact) mass is 412 g/mol. The van der Waals surface area contributed by atoms with Crippen molar-refractivity contribution in [3.8, 4) is 17.2 Å². The first-order chi connectivity index (χ1) is 14.1. The molecule has 0 unspecified atom stereocenters. The SMILES string of the molecule is CCCOc1ccc(/C=N\Nc2cnn(-c3ccc(OC)cc3)c(=O)c2Cl)cc1. The van der Waals surface area contributed by atoms with Crippen LogP contribution < -0.4 is 20.5 Å². The minimum Gasteiger partial charge on any atom is -0.497 e. The van der Waals surface area contributed by atoms with Gasteiger partial charge in [-0.25, -0.2) is 0 Å². The highest BCUT2D eigenvalue weighted by atomic mass is 35.5. The number of hydrogen-bond acceptors (Lipinski definition) is 6. The van der Waals surface area contributed by atoms with Crippen LogP contribution in [0.3, 0.4) is 0 Å². The van der Waals surface area contributed by atoms with Gasteiger partial charge in [-0.1, -0.05) is 18.5 Å². The zero-order chi connectivity index (χ0) is 20.6. The number of benzene rings is 2. The van der Waals surface area contributed by atoms with E-state index in [0.717, 1.165) is 17.7 Å². The summed E-state index contributed by atoms with van der Waals surface area (Å²) in [6.45, 7) is 2.74. The van der Waals surface area contributed by atoms with E-state index in [9.17, 15) is 4.79 Å². The third-order valence-electron chi connectivity index (χ3n) is 3.99. The van der Waals surface area contributed by atoms with E-state index in [1.54, 1.807) is 37.6 Å². The molecule has 0 aliphatic heterocycles. The molecular formula is C21H21ClN4O3. The minimum atomic E-state index is -0.450. The van der Waals surface area contributed by atoms with Gasteiger partial charge in [0.2, 0.25) is 0 Å². The van der Waals surface area contributed by atoms with Crippen molar-refractivity contribution in [3.63, 3.8) is 0 Å². The predicted molar refractivity (Wildman–Crippen MR) is 115 cm³/mol. The summed E-state index contributed by atoms with van der Waals surface area (Å²) in [4.78, 5) is 12.5. The van der Waals surface area contributed by atoms with Crippen LogP contribution in [-0.2, 0) is 0 Å². The molecule has 150 valence electrons. The van der Waals surface area contributed by atoms with Crippen LogP contribution in [0.1, 0.15) is 18.9 Å². The van der Waals surface area contributed by atoms with E-state index in [1.165, 1.54) is 10.9 Å². The van der Waals surface area contributed by atoms with E-state index in [-0.39, 0.29) is 5.02 Å². The van der Waals surface area contributed by atoms with Gasteiger partial charge >= 0.3 is 0 Å². The molecule has 3 aromatic rings. The zero-order valence-corrected chi connectivity index (χ0v) is 16.9. The van der Waals surface area contributed by atoms with E-state index >= 15 is 0 Å². The Hall–Kier alpha value is -3.32. The summed E-state index contributed by atoms with van der Waals surface area (Å²) in [5.41, 5.74) is 4.08. The highest BCUT2D eigenvalue weighted by molar-refractivity contribution is 6.32. The number of nitrogens with one attached hydrogen (secondary N) is 1.